The average Bonchev–Trinajstić information content (AvgIpc) is 2.78. The van der Waals surface area contributed by atoms with Crippen LogP contribution in [0.3, 0.4) is 0 Å². The van der Waals surface area contributed by atoms with Crippen LogP contribution in [0.1, 0.15) is 5.56 Å². The fourth-order valence-corrected chi connectivity index (χ4v) is 2.92. The Labute approximate surface area is 110 Å². The monoisotopic (exact) mass is 307 g/mol. The second-order valence-corrected chi connectivity index (χ2v) is 5.39. The van der Waals surface area contributed by atoms with Gasteiger partial charge in [-0.25, -0.2) is 0 Å². The summed E-state index contributed by atoms with van der Waals surface area (Å²) in [6.07, 6.45) is 1.96. The third kappa shape index (κ3) is 1.97. The molecule has 2 aromatic heterocycles. The van der Waals surface area contributed by atoms with E-state index in [2.05, 4.69) is 44.6 Å². The zero-order valence-corrected chi connectivity index (χ0v) is 11.7. The van der Waals surface area contributed by atoms with Gasteiger partial charge < -0.3 is 0 Å². The van der Waals surface area contributed by atoms with Gasteiger partial charge in [-0.15, -0.1) is 0 Å². The fourth-order valence-electron chi connectivity index (χ4n) is 1.59. The van der Waals surface area contributed by atoms with Gasteiger partial charge in [-0.2, -0.15) is 0 Å². The van der Waals surface area contributed by atoms with Gasteiger partial charge in [0.2, 0.25) is 0 Å². The third-order valence-corrected chi connectivity index (χ3v) is 3.87. The van der Waals surface area contributed by atoms with E-state index in [0.717, 1.165) is 20.7 Å². The van der Waals surface area contributed by atoms with Crippen LogP contribution in [0.5, 0.6) is 0 Å². The topological polar surface area (TPSA) is 30.2 Å². The summed E-state index contributed by atoms with van der Waals surface area (Å²) < 4.78 is 2.79. The molecule has 0 spiro atoms. The number of aromatic nitrogens is 3. The first-order valence-corrected chi connectivity index (χ1v) is 6.88. The molecule has 0 saturated heterocycles. The number of rotatable bonds is 1. The Morgan fingerprint density at radius 2 is 1.94 bits per heavy atom. The normalized spacial score (nSPS) is 10.9. The molecule has 3 nitrogen and oxygen atoms in total. The second-order valence-electron chi connectivity index (χ2n) is 3.75. The molecule has 0 unspecified atom stereocenters. The number of hydrogen-bond acceptors (Lipinski definition) is 3. The third-order valence-electron chi connectivity index (χ3n) is 2.51. The summed E-state index contributed by atoms with van der Waals surface area (Å²) in [4.78, 5) is 9.97. The molecule has 0 N–H and O–H groups in total. The molecule has 17 heavy (non-hydrogen) atoms. The number of aryl methyl sites for hydroxylation is 1. The molecule has 0 amide bonds. The van der Waals surface area contributed by atoms with Gasteiger partial charge in [0, 0.05) is 0 Å². The van der Waals surface area contributed by atoms with E-state index in [9.17, 15) is 0 Å². The number of fused-ring (bicyclic) bond motifs is 1. The van der Waals surface area contributed by atoms with Crippen molar-refractivity contribution in [2.75, 3.05) is 0 Å². The van der Waals surface area contributed by atoms with E-state index in [-0.39, 0.29) is 0 Å². The summed E-state index contributed by atoms with van der Waals surface area (Å²) in [7, 11) is 0. The van der Waals surface area contributed by atoms with Crippen molar-refractivity contribution < 1.29 is 0 Å². The quantitative estimate of drug-likeness (QED) is 0.647. The number of thiazole rings is 1. The second kappa shape index (κ2) is 4.18. The van der Waals surface area contributed by atoms with Gasteiger partial charge in [-0.05, 0) is 0 Å². The molecule has 0 radical (unpaired) electrons. The number of benzene rings is 1. The van der Waals surface area contributed by atoms with E-state index >= 15 is 0 Å². The SMILES string of the molecule is Cc1ccc(-c2nc(=[Se])n3ccsc3n2)cc1. The van der Waals surface area contributed by atoms with Gasteiger partial charge >= 0.3 is 110 Å². The summed E-state index contributed by atoms with van der Waals surface area (Å²) in [5.74, 6) is 0.765. The molecule has 0 bridgehead atoms. The number of nitrogens with zero attached hydrogens (tertiary/aromatic N) is 3. The van der Waals surface area contributed by atoms with Gasteiger partial charge in [0.25, 0.3) is 0 Å². The van der Waals surface area contributed by atoms with Crippen molar-refractivity contribution >= 4 is 31.9 Å². The maximum absolute atomic E-state index is 4.55. The summed E-state index contributed by atoms with van der Waals surface area (Å²) in [5, 5.41) is 2.00. The first-order valence-electron chi connectivity index (χ1n) is 5.15. The molecule has 0 saturated carbocycles. The fraction of sp³-hybridized carbons (Fsp3) is 0.0833. The zero-order valence-electron chi connectivity index (χ0n) is 9.12. The standard InChI is InChI=1S/C12H9N3SSe/c1-8-2-4-9(5-3-8)10-13-11-15(6-7-16-11)12(17)14-10/h2-7H,1H3. The summed E-state index contributed by atoms with van der Waals surface area (Å²) >= 11 is 4.58. The average molecular weight is 306 g/mol. The molecule has 84 valence electrons. The van der Waals surface area contributed by atoms with Crippen LogP contribution in [-0.4, -0.2) is 29.9 Å². The van der Waals surface area contributed by atoms with Gasteiger partial charge in [0.05, 0.1) is 0 Å². The molecule has 0 aliphatic carbocycles. The van der Waals surface area contributed by atoms with Crippen molar-refractivity contribution in [3.05, 3.63) is 45.7 Å². The Hall–Kier alpha value is -1.29. The summed E-state index contributed by atoms with van der Waals surface area (Å²) in [5.41, 5.74) is 2.28. The Balaban J connectivity index is 2.23. The van der Waals surface area contributed by atoms with Crippen LogP contribution >= 0.6 is 11.3 Å². The van der Waals surface area contributed by atoms with E-state index in [1.807, 2.05) is 28.1 Å². The van der Waals surface area contributed by atoms with Crippen LogP contribution < -0.4 is 0 Å². The van der Waals surface area contributed by atoms with E-state index < -0.39 is 0 Å². The van der Waals surface area contributed by atoms with Gasteiger partial charge in [-0.3, -0.25) is 0 Å². The first kappa shape index (κ1) is 10.8. The van der Waals surface area contributed by atoms with Crippen LogP contribution in [0.2, 0.25) is 0 Å². The van der Waals surface area contributed by atoms with Crippen molar-refractivity contribution in [3.8, 4) is 11.4 Å². The van der Waals surface area contributed by atoms with Crippen molar-refractivity contribution in [2.24, 2.45) is 0 Å². The van der Waals surface area contributed by atoms with Gasteiger partial charge in [0.15, 0.2) is 0 Å². The predicted octanol–water partition coefficient (Wildman–Crippen LogP) is 2.47. The van der Waals surface area contributed by atoms with Crippen LogP contribution in [-0.2, 0) is 0 Å². The molecular formula is C12H9N3SSe. The molecule has 0 atom stereocenters. The Morgan fingerprint density at radius 1 is 1.18 bits per heavy atom. The van der Waals surface area contributed by atoms with Crippen LogP contribution in [0.15, 0.2) is 35.8 Å². The molecule has 1 aromatic carbocycles. The van der Waals surface area contributed by atoms with Gasteiger partial charge in [0.1, 0.15) is 0 Å². The van der Waals surface area contributed by atoms with E-state index in [1.54, 1.807) is 11.3 Å². The van der Waals surface area contributed by atoms with Crippen molar-refractivity contribution in [3.63, 3.8) is 0 Å². The van der Waals surface area contributed by atoms with Crippen LogP contribution in [0, 0.1) is 11.2 Å². The van der Waals surface area contributed by atoms with E-state index in [0.29, 0.717) is 0 Å². The maximum atomic E-state index is 4.55. The molecular weight excluding hydrogens is 297 g/mol. The first-order chi connectivity index (χ1) is 8.24. The van der Waals surface area contributed by atoms with Crippen molar-refractivity contribution in [1.82, 2.24) is 14.4 Å². The predicted molar refractivity (Wildman–Crippen MR) is 70.0 cm³/mol. The van der Waals surface area contributed by atoms with Crippen molar-refractivity contribution in [1.29, 1.82) is 0 Å². The molecule has 3 rings (SSSR count). The number of hydrogen-bond donors (Lipinski definition) is 0. The van der Waals surface area contributed by atoms with Gasteiger partial charge in [-0.1, -0.05) is 0 Å². The molecule has 5 heteroatoms. The molecule has 0 fully saturated rings. The van der Waals surface area contributed by atoms with Crippen molar-refractivity contribution in [2.45, 2.75) is 6.92 Å². The minimum atomic E-state index is 0.765. The van der Waals surface area contributed by atoms with Crippen LogP contribution in [0.4, 0.5) is 0 Å². The Kier molecular flexibility index (Phi) is 2.67. The summed E-state index contributed by atoms with van der Waals surface area (Å²) in [6.45, 7) is 2.07. The summed E-state index contributed by atoms with van der Waals surface area (Å²) in [6, 6.07) is 8.25. The van der Waals surface area contributed by atoms with E-state index in [4.69, 9.17) is 0 Å². The zero-order chi connectivity index (χ0) is 11.8. The minimum absolute atomic E-state index is 0.765. The Morgan fingerprint density at radius 3 is 2.71 bits per heavy atom. The Bertz CT molecular complexity index is 727. The molecule has 0 aliphatic rings. The van der Waals surface area contributed by atoms with Crippen LogP contribution in [0.25, 0.3) is 16.3 Å². The molecule has 2 heterocycles. The van der Waals surface area contributed by atoms with E-state index in [1.165, 1.54) is 5.56 Å². The molecule has 0 aliphatic heterocycles. The molecule has 3 aromatic rings.